The number of aryl methyl sites for hydroxylation is 1. The number of imide groups is 2. The zero-order chi connectivity index (χ0) is 20.6. The highest BCUT2D eigenvalue weighted by Gasteiger charge is 2.37. The number of non-ortho nitro benzene ring substituents is 1. The van der Waals surface area contributed by atoms with Crippen LogP contribution in [0.25, 0.3) is 6.08 Å². The third-order valence-corrected chi connectivity index (χ3v) is 5.23. The second-order valence-electron chi connectivity index (χ2n) is 5.85. The van der Waals surface area contributed by atoms with E-state index in [4.69, 9.17) is 11.6 Å². The molecule has 0 bridgehead atoms. The minimum Gasteiger partial charge on any atom is -0.273 e. The quantitative estimate of drug-likeness (QED) is 0.320. The number of amides is 4. The number of hydrogen-bond donors (Lipinski definition) is 1. The molecule has 142 valence electrons. The molecule has 2 aromatic rings. The minimum atomic E-state index is -0.914. The number of barbiturate groups is 1. The van der Waals surface area contributed by atoms with Gasteiger partial charge in [-0.15, -0.1) is 0 Å². The van der Waals surface area contributed by atoms with Gasteiger partial charge >= 0.3 is 6.03 Å². The highest BCUT2D eigenvalue weighted by molar-refractivity contribution is 9.10. The van der Waals surface area contributed by atoms with E-state index < -0.39 is 22.8 Å². The highest BCUT2D eigenvalue weighted by atomic mass is 79.9. The molecule has 1 heterocycles. The van der Waals surface area contributed by atoms with Crippen molar-refractivity contribution in [3.05, 3.63) is 72.7 Å². The van der Waals surface area contributed by atoms with Gasteiger partial charge in [0.15, 0.2) is 0 Å². The Labute approximate surface area is 172 Å². The molecule has 1 saturated heterocycles. The largest absolute Gasteiger partial charge is 0.335 e. The Morgan fingerprint density at radius 1 is 1.18 bits per heavy atom. The number of rotatable bonds is 3. The van der Waals surface area contributed by atoms with Gasteiger partial charge < -0.3 is 0 Å². The number of nitro groups is 1. The summed E-state index contributed by atoms with van der Waals surface area (Å²) in [5, 5.41) is 13.2. The van der Waals surface area contributed by atoms with Crippen LogP contribution in [0.15, 0.2) is 46.4 Å². The first-order valence-electron chi connectivity index (χ1n) is 7.80. The average molecular weight is 465 g/mol. The molecule has 1 aliphatic heterocycles. The predicted octanol–water partition coefficient (Wildman–Crippen LogP) is 3.99. The predicted molar refractivity (Wildman–Crippen MR) is 106 cm³/mol. The third-order valence-electron chi connectivity index (χ3n) is 3.99. The molecule has 1 N–H and O–H groups in total. The van der Waals surface area contributed by atoms with Crippen molar-refractivity contribution in [2.24, 2.45) is 0 Å². The second-order valence-corrected chi connectivity index (χ2v) is 7.12. The van der Waals surface area contributed by atoms with Crippen LogP contribution < -0.4 is 10.2 Å². The van der Waals surface area contributed by atoms with Crippen molar-refractivity contribution in [3.63, 3.8) is 0 Å². The molecule has 0 aliphatic carbocycles. The lowest BCUT2D eigenvalue weighted by Gasteiger charge is -2.26. The number of hydrogen-bond acceptors (Lipinski definition) is 5. The zero-order valence-corrected chi connectivity index (χ0v) is 16.6. The smallest absolute Gasteiger partial charge is 0.273 e. The summed E-state index contributed by atoms with van der Waals surface area (Å²) in [5.74, 6) is -1.78. The Morgan fingerprint density at radius 3 is 2.54 bits per heavy atom. The number of anilines is 1. The number of carbonyl (C=O) groups is 3. The number of benzene rings is 2. The van der Waals surface area contributed by atoms with Gasteiger partial charge in [-0.05, 0) is 42.8 Å². The van der Waals surface area contributed by atoms with Crippen LogP contribution in [0.4, 0.5) is 16.2 Å². The fourth-order valence-electron chi connectivity index (χ4n) is 2.57. The molecule has 0 atom stereocenters. The van der Waals surface area contributed by atoms with E-state index in [1.165, 1.54) is 12.1 Å². The summed E-state index contributed by atoms with van der Waals surface area (Å²) in [4.78, 5) is 48.5. The first-order chi connectivity index (χ1) is 13.2. The van der Waals surface area contributed by atoms with E-state index in [1.807, 2.05) is 0 Å². The summed E-state index contributed by atoms with van der Waals surface area (Å²) < 4.78 is 0.788. The first-order valence-corrected chi connectivity index (χ1v) is 8.97. The maximum Gasteiger partial charge on any atom is 0.335 e. The molecule has 2 aromatic carbocycles. The SMILES string of the molecule is Cc1cc(N2C(=O)NC(=O)/C(=C\c3cc([N+](=O)[O-])ccc3Cl)C2=O)ccc1Br. The van der Waals surface area contributed by atoms with E-state index >= 15 is 0 Å². The summed E-state index contributed by atoms with van der Waals surface area (Å²) in [6.45, 7) is 1.78. The lowest BCUT2D eigenvalue weighted by atomic mass is 10.1. The van der Waals surface area contributed by atoms with E-state index in [0.29, 0.717) is 0 Å². The molecular formula is C18H11BrClN3O5. The van der Waals surface area contributed by atoms with Gasteiger partial charge in [0.2, 0.25) is 0 Å². The van der Waals surface area contributed by atoms with Crippen LogP contribution in [-0.4, -0.2) is 22.8 Å². The van der Waals surface area contributed by atoms with E-state index in [1.54, 1.807) is 25.1 Å². The van der Waals surface area contributed by atoms with Gasteiger partial charge in [0.1, 0.15) is 5.57 Å². The minimum absolute atomic E-state index is 0.107. The van der Waals surface area contributed by atoms with E-state index in [0.717, 1.165) is 27.1 Å². The first kappa shape index (κ1) is 19.7. The standard InChI is InChI=1S/C18H11BrClN3O5/c1-9-6-11(2-4-14(9)19)22-17(25)13(16(24)21-18(22)26)8-10-7-12(23(27)28)3-5-15(10)20/h2-8H,1H3,(H,21,24,26)/b13-8+. The maximum absolute atomic E-state index is 12.9. The normalized spacial score (nSPS) is 15.8. The molecule has 10 heteroatoms. The molecule has 0 unspecified atom stereocenters. The van der Waals surface area contributed by atoms with Crippen LogP contribution >= 0.6 is 27.5 Å². The van der Waals surface area contributed by atoms with Crippen molar-refractivity contribution >= 4 is 62.8 Å². The van der Waals surface area contributed by atoms with Crippen LogP contribution in [0.5, 0.6) is 0 Å². The van der Waals surface area contributed by atoms with Crippen molar-refractivity contribution in [3.8, 4) is 0 Å². The molecule has 0 saturated carbocycles. The lowest BCUT2D eigenvalue weighted by Crippen LogP contribution is -2.54. The van der Waals surface area contributed by atoms with Gasteiger partial charge in [0.05, 0.1) is 10.6 Å². The number of nitrogens with one attached hydrogen (secondary N) is 1. The number of nitrogens with zero attached hydrogens (tertiary/aromatic N) is 2. The van der Waals surface area contributed by atoms with E-state index in [9.17, 15) is 24.5 Å². The lowest BCUT2D eigenvalue weighted by molar-refractivity contribution is -0.384. The van der Waals surface area contributed by atoms with E-state index in [-0.39, 0.29) is 27.5 Å². The summed E-state index contributed by atoms with van der Waals surface area (Å²) in [6, 6.07) is 7.56. The summed E-state index contributed by atoms with van der Waals surface area (Å²) in [5.41, 5.74) is 0.531. The van der Waals surface area contributed by atoms with Crippen molar-refractivity contribution in [2.75, 3.05) is 4.90 Å². The highest BCUT2D eigenvalue weighted by Crippen LogP contribution is 2.28. The monoisotopic (exact) mass is 463 g/mol. The molecule has 1 aliphatic rings. The van der Waals surface area contributed by atoms with Crippen LogP contribution in [0.2, 0.25) is 5.02 Å². The fourth-order valence-corrected chi connectivity index (χ4v) is 2.99. The summed E-state index contributed by atoms with van der Waals surface area (Å²) in [7, 11) is 0. The molecule has 0 aromatic heterocycles. The van der Waals surface area contributed by atoms with Crippen molar-refractivity contribution in [1.29, 1.82) is 0 Å². The van der Waals surface area contributed by atoms with Crippen molar-refractivity contribution in [1.82, 2.24) is 5.32 Å². The van der Waals surface area contributed by atoms with Gasteiger partial charge in [0.25, 0.3) is 17.5 Å². The number of carbonyl (C=O) groups excluding carboxylic acids is 3. The topological polar surface area (TPSA) is 110 Å². The molecule has 0 radical (unpaired) electrons. The van der Waals surface area contributed by atoms with Crippen LogP contribution in [-0.2, 0) is 9.59 Å². The summed E-state index contributed by atoms with van der Waals surface area (Å²) in [6.07, 6.45) is 1.12. The average Bonchev–Trinajstić information content (AvgIpc) is 2.62. The Kier molecular flexibility index (Phi) is 5.30. The molecule has 0 spiro atoms. The van der Waals surface area contributed by atoms with Gasteiger partial charge in [-0.1, -0.05) is 27.5 Å². The van der Waals surface area contributed by atoms with Gasteiger partial charge in [0, 0.05) is 27.2 Å². The zero-order valence-electron chi connectivity index (χ0n) is 14.2. The van der Waals surface area contributed by atoms with Crippen LogP contribution in [0.1, 0.15) is 11.1 Å². The Hall–Kier alpha value is -3.04. The van der Waals surface area contributed by atoms with Gasteiger partial charge in [-0.25, -0.2) is 9.69 Å². The molecule has 4 amide bonds. The summed E-state index contributed by atoms with van der Waals surface area (Å²) >= 11 is 9.38. The van der Waals surface area contributed by atoms with Crippen molar-refractivity contribution in [2.45, 2.75) is 6.92 Å². The molecular weight excluding hydrogens is 454 g/mol. The second kappa shape index (κ2) is 7.53. The molecule has 1 fully saturated rings. The Bertz CT molecular complexity index is 1080. The number of halogens is 2. The van der Waals surface area contributed by atoms with E-state index in [2.05, 4.69) is 21.2 Å². The molecule has 28 heavy (non-hydrogen) atoms. The molecule has 8 nitrogen and oxygen atoms in total. The fraction of sp³-hybridized carbons (Fsp3) is 0.0556. The third kappa shape index (κ3) is 3.67. The Balaban J connectivity index is 2.07. The maximum atomic E-state index is 12.9. The van der Waals surface area contributed by atoms with Gasteiger partial charge in [-0.3, -0.25) is 25.0 Å². The number of urea groups is 1. The Morgan fingerprint density at radius 2 is 1.89 bits per heavy atom. The molecule has 3 rings (SSSR count). The van der Waals surface area contributed by atoms with Crippen molar-refractivity contribution < 1.29 is 19.3 Å². The van der Waals surface area contributed by atoms with Crippen LogP contribution in [0.3, 0.4) is 0 Å². The van der Waals surface area contributed by atoms with Crippen LogP contribution in [0, 0.1) is 17.0 Å². The number of nitro benzene ring substituents is 1. The van der Waals surface area contributed by atoms with Gasteiger partial charge in [-0.2, -0.15) is 0 Å².